The van der Waals surface area contributed by atoms with Crippen molar-refractivity contribution in [1.29, 1.82) is 0 Å². The fourth-order valence-corrected chi connectivity index (χ4v) is 3.64. The molecule has 104 valence electrons. The highest BCUT2D eigenvalue weighted by molar-refractivity contribution is 5.28. The second-order valence-electron chi connectivity index (χ2n) is 5.76. The molecule has 0 aromatic carbocycles. The summed E-state index contributed by atoms with van der Waals surface area (Å²) in [5, 5.41) is 0. The van der Waals surface area contributed by atoms with E-state index in [0.29, 0.717) is 5.82 Å². The quantitative estimate of drug-likeness (QED) is 0.642. The lowest BCUT2D eigenvalue weighted by Gasteiger charge is -2.44. The van der Waals surface area contributed by atoms with E-state index in [-0.39, 0.29) is 0 Å². The lowest BCUT2D eigenvalue weighted by atomic mass is 9.78. The van der Waals surface area contributed by atoms with Crippen molar-refractivity contribution in [3.8, 4) is 0 Å². The van der Waals surface area contributed by atoms with E-state index in [1.165, 1.54) is 45.1 Å². The van der Waals surface area contributed by atoms with E-state index >= 15 is 0 Å². The molecule has 1 aliphatic heterocycles. The first-order valence-electron chi connectivity index (χ1n) is 7.38. The highest BCUT2D eigenvalue weighted by Gasteiger charge is 2.33. The van der Waals surface area contributed by atoms with Crippen LogP contribution in [0.4, 0.5) is 5.82 Å². The van der Waals surface area contributed by atoms with Crippen LogP contribution in [0.25, 0.3) is 0 Å². The van der Waals surface area contributed by atoms with Gasteiger partial charge in [0.25, 0.3) is 0 Å². The maximum atomic E-state index is 5.31. The van der Waals surface area contributed by atoms with Crippen molar-refractivity contribution in [1.82, 2.24) is 14.9 Å². The number of nitrogens with zero attached hydrogens (tertiary/aromatic N) is 3. The summed E-state index contributed by atoms with van der Waals surface area (Å²) >= 11 is 0. The van der Waals surface area contributed by atoms with Gasteiger partial charge in [0.1, 0.15) is 0 Å². The van der Waals surface area contributed by atoms with Crippen LogP contribution in [0.1, 0.15) is 44.2 Å². The van der Waals surface area contributed by atoms with Gasteiger partial charge in [-0.2, -0.15) is 0 Å². The largest absolute Gasteiger partial charge is 0.307 e. The first-order valence-corrected chi connectivity index (χ1v) is 7.38. The maximum Gasteiger partial charge on any atom is 0.158 e. The molecule has 1 aromatic heterocycles. The minimum Gasteiger partial charge on any atom is -0.307 e. The Bertz CT molecular complexity index is 403. The minimum absolute atomic E-state index is 0.623. The van der Waals surface area contributed by atoms with Crippen molar-refractivity contribution in [3.05, 3.63) is 18.1 Å². The van der Waals surface area contributed by atoms with Gasteiger partial charge in [-0.3, -0.25) is 9.88 Å². The van der Waals surface area contributed by atoms with Crippen LogP contribution in [0.15, 0.2) is 12.4 Å². The van der Waals surface area contributed by atoms with Crippen molar-refractivity contribution < 1.29 is 0 Å². The molecule has 1 saturated carbocycles. The zero-order valence-electron chi connectivity index (χ0n) is 11.4. The standard InChI is InChI=1S/C14H23N5/c15-18-14-9-16-12(8-17-14)10-19-7-3-5-11-4-1-2-6-13(11)19/h8-9,11,13H,1-7,10,15H2,(H,17,18)/t11-,13-/m1/s1. The predicted octanol–water partition coefficient (Wildman–Crippen LogP) is 1.92. The summed E-state index contributed by atoms with van der Waals surface area (Å²) in [5.41, 5.74) is 3.56. The van der Waals surface area contributed by atoms with Crippen LogP contribution < -0.4 is 11.3 Å². The van der Waals surface area contributed by atoms with Crippen LogP contribution in [0.3, 0.4) is 0 Å². The molecule has 0 spiro atoms. The molecule has 1 saturated heterocycles. The maximum absolute atomic E-state index is 5.31. The molecule has 0 unspecified atom stereocenters. The van der Waals surface area contributed by atoms with Gasteiger partial charge in [-0.25, -0.2) is 10.8 Å². The molecule has 1 aromatic rings. The van der Waals surface area contributed by atoms with E-state index in [2.05, 4.69) is 20.3 Å². The second-order valence-corrected chi connectivity index (χ2v) is 5.76. The third kappa shape index (κ3) is 2.87. The van der Waals surface area contributed by atoms with Crippen LogP contribution in [0.5, 0.6) is 0 Å². The normalized spacial score (nSPS) is 27.8. The third-order valence-electron chi connectivity index (χ3n) is 4.58. The summed E-state index contributed by atoms with van der Waals surface area (Å²) in [6.45, 7) is 2.14. The molecule has 2 atom stereocenters. The zero-order chi connectivity index (χ0) is 13.1. The van der Waals surface area contributed by atoms with Gasteiger partial charge in [0.15, 0.2) is 5.82 Å². The number of anilines is 1. The van der Waals surface area contributed by atoms with Gasteiger partial charge >= 0.3 is 0 Å². The van der Waals surface area contributed by atoms with Crippen LogP contribution in [-0.2, 0) is 6.54 Å². The highest BCUT2D eigenvalue weighted by atomic mass is 15.3. The van der Waals surface area contributed by atoms with E-state index in [1.807, 2.05) is 6.20 Å². The van der Waals surface area contributed by atoms with Gasteiger partial charge in [0.05, 0.1) is 18.1 Å². The topological polar surface area (TPSA) is 67.1 Å². The second kappa shape index (κ2) is 5.84. The number of hydrazine groups is 1. The highest BCUT2D eigenvalue weighted by Crippen LogP contribution is 2.35. The number of fused-ring (bicyclic) bond motifs is 1. The Morgan fingerprint density at radius 1 is 1.16 bits per heavy atom. The van der Waals surface area contributed by atoms with Crippen molar-refractivity contribution in [2.45, 2.75) is 51.1 Å². The summed E-state index contributed by atoms with van der Waals surface area (Å²) in [6.07, 6.45) is 11.9. The number of hydrogen-bond donors (Lipinski definition) is 2. The van der Waals surface area contributed by atoms with Gasteiger partial charge in [-0.15, -0.1) is 0 Å². The van der Waals surface area contributed by atoms with Crippen molar-refractivity contribution in [2.24, 2.45) is 11.8 Å². The Hall–Kier alpha value is -1.20. The number of aromatic nitrogens is 2. The predicted molar refractivity (Wildman–Crippen MR) is 75.2 cm³/mol. The molecular formula is C14H23N5. The Balaban J connectivity index is 1.66. The Morgan fingerprint density at radius 3 is 2.79 bits per heavy atom. The summed E-state index contributed by atoms with van der Waals surface area (Å²) in [4.78, 5) is 11.3. The zero-order valence-corrected chi connectivity index (χ0v) is 11.4. The van der Waals surface area contributed by atoms with Gasteiger partial charge in [0, 0.05) is 12.6 Å². The van der Waals surface area contributed by atoms with Gasteiger partial charge in [-0.05, 0) is 38.1 Å². The molecule has 5 heteroatoms. The van der Waals surface area contributed by atoms with Crippen molar-refractivity contribution in [2.75, 3.05) is 12.0 Å². The Labute approximate surface area is 114 Å². The van der Waals surface area contributed by atoms with Crippen molar-refractivity contribution >= 4 is 5.82 Å². The van der Waals surface area contributed by atoms with E-state index in [4.69, 9.17) is 5.84 Å². The monoisotopic (exact) mass is 261 g/mol. The number of nitrogens with two attached hydrogens (primary N) is 1. The molecule has 0 radical (unpaired) electrons. The first-order chi connectivity index (χ1) is 9.36. The van der Waals surface area contributed by atoms with E-state index < -0.39 is 0 Å². The number of likely N-dealkylation sites (tertiary alicyclic amines) is 1. The summed E-state index contributed by atoms with van der Waals surface area (Å²) < 4.78 is 0. The SMILES string of the molecule is NNc1cnc(CN2CCC[C@H]3CCCC[C@H]32)cn1. The van der Waals surface area contributed by atoms with E-state index in [1.54, 1.807) is 6.20 Å². The Morgan fingerprint density at radius 2 is 2.00 bits per heavy atom. The fourth-order valence-electron chi connectivity index (χ4n) is 3.64. The molecule has 0 amide bonds. The number of nitrogen functional groups attached to an aromatic ring is 1. The average molecular weight is 261 g/mol. The number of rotatable bonds is 3. The number of hydrogen-bond acceptors (Lipinski definition) is 5. The molecule has 2 heterocycles. The minimum atomic E-state index is 0.623. The molecule has 0 bridgehead atoms. The summed E-state index contributed by atoms with van der Waals surface area (Å²) in [5.74, 6) is 6.85. The van der Waals surface area contributed by atoms with Crippen LogP contribution >= 0.6 is 0 Å². The molecule has 1 aliphatic carbocycles. The van der Waals surface area contributed by atoms with Crippen molar-refractivity contribution in [3.63, 3.8) is 0 Å². The fraction of sp³-hybridized carbons (Fsp3) is 0.714. The van der Waals surface area contributed by atoms with Crippen LogP contribution in [0, 0.1) is 5.92 Å². The average Bonchev–Trinajstić information content (AvgIpc) is 2.48. The Kier molecular flexibility index (Phi) is 3.94. The van der Waals surface area contributed by atoms with Gasteiger partial charge in [-0.1, -0.05) is 12.8 Å². The lowest BCUT2D eigenvalue weighted by Crippen LogP contribution is -2.46. The van der Waals surface area contributed by atoms with E-state index in [0.717, 1.165) is 24.2 Å². The molecular weight excluding hydrogens is 238 g/mol. The lowest BCUT2D eigenvalue weighted by molar-refractivity contribution is 0.0536. The molecule has 3 N–H and O–H groups in total. The smallest absolute Gasteiger partial charge is 0.158 e. The molecule has 2 aliphatic rings. The van der Waals surface area contributed by atoms with Gasteiger partial charge in [0.2, 0.25) is 0 Å². The number of piperidine rings is 1. The van der Waals surface area contributed by atoms with Gasteiger partial charge < -0.3 is 5.43 Å². The molecule has 3 rings (SSSR count). The number of nitrogens with one attached hydrogen (secondary N) is 1. The van der Waals surface area contributed by atoms with E-state index in [9.17, 15) is 0 Å². The summed E-state index contributed by atoms with van der Waals surface area (Å²) in [7, 11) is 0. The molecule has 19 heavy (non-hydrogen) atoms. The van der Waals surface area contributed by atoms with Crippen LogP contribution in [-0.4, -0.2) is 27.5 Å². The van der Waals surface area contributed by atoms with Crippen LogP contribution in [0.2, 0.25) is 0 Å². The first kappa shape index (κ1) is 12.8. The summed E-state index contributed by atoms with van der Waals surface area (Å²) in [6, 6.07) is 0.775. The third-order valence-corrected chi connectivity index (χ3v) is 4.58. The molecule has 2 fully saturated rings. The molecule has 5 nitrogen and oxygen atoms in total.